The Morgan fingerprint density at radius 2 is 1.63 bits per heavy atom. The number of hydrogen-bond acceptors (Lipinski definition) is 4. The molecule has 5 nitrogen and oxygen atoms in total. The topological polar surface area (TPSA) is 66.8 Å². The van der Waals surface area contributed by atoms with Crippen LogP contribution in [0.2, 0.25) is 0 Å². The van der Waals surface area contributed by atoms with Gasteiger partial charge in [0, 0.05) is 11.3 Å². The summed E-state index contributed by atoms with van der Waals surface area (Å²) in [6, 6.07) is 18.2. The maximum atomic E-state index is 13.5. The van der Waals surface area contributed by atoms with Gasteiger partial charge in [0.1, 0.15) is 11.5 Å². The van der Waals surface area contributed by atoms with Gasteiger partial charge < -0.3 is 9.84 Å². The quantitative estimate of drug-likeness (QED) is 0.268. The van der Waals surface area contributed by atoms with Crippen LogP contribution in [0.5, 0.6) is 5.75 Å². The number of aliphatic hydroxyl groups excluding tert-OH is 1. The van der Waals surface area contributed by atoms with Gasteiger partial charge >= 0.3 is 0 Å². The second kappa shape index (κ2) is 9.41. The highest BCUT2D eigenvalue weighted by atomic mass is 16.5. The van der Waals surface area contributed by atoms with E-state index in [0.717, 1.165) is 33.6 Å². The van der Waals surface area contributed by atoms with Crippen LogP contribution in [0.3, 0.4) is 0 Å². The van der Waals surface area contributed by atoms with E-state index in [-0.39, 0.29) is 17.3 Å². The number of anilines is 1. The Kier molecular flexibility index (Phi) is 6.53. The summed E-state index contributed by atoms with van der Waals surface area (Å²) in [4.78, 5) is 28.5. The zero-order valence-corrected chi connectivity index (χ0v) is 21.0. The number of carbonyl (C=O) groups is 2. The van der Waals surface area contributed by atoms with Gasteiger partial charge in [-0.2, -0.15) is 0 Å². The molecule has 3 aromatic carbocycles. The molecule has 1 saturated heterocycles. The molecule has 0 bridgehead atoms. The summed E-state index contributed by atoms with van der Waals surface area (Å²) < 4.78 is 5.55. The van der Waals surface area contributed by atoms with Crippen molar-refractivity contribution in [1.29, 1.82) is 0 Å². The van der Waals surface area contributed by atoms with Crippen LogP contribution in [0.15, 0.2) is 66.2 Å². The van der Waals surface area contributed by atoms with Crippen molar-refractivity contribution in [2.24, 2.45) is 0 Å². The van der Waals surface area contributed by atoms with Gasteiger partial charge in [-0.05, 0) is 72.7 Å². The lowest BCUT2D eigenvalue weighted by Gasteiger charge is -2.27. The van der Waals surface area contributed by atoms with E-state index in [9.17, 15) is 14.7 Å². The number of ketones is 1. The Bertz CT molecular complexity index is 1340. The predicted octanol–water partition coefficient (Wildman–Crippen LogP) is 6.37. The van der Waals surface area contributed by atoms with Gasteiger partial charge in [-0.15, -0.1) is 0 Å². The number of hydrogen-bond donors (Lipinski definition) is 1. The minimum Gasteiger partial charge on any atom is -0.507 e. The van der Waals surface area contributed by atoms with E-state index in [1.165, 1.54) is 4.90 Å². The molecule has 1 fully saturated rings. The molecular formula is C30H31NO4. The number of rotatable bonds is 5. The van der Waals surface area contributed by atoms with Crippen molar-refractivity contribution in [3.05, 3.63) is 99.6 Å². The molecule has 1 heterocycles. The second-order valence-electron chi connectivity index (χ2n) is 9.43. The highest BCUT2D eigenvalue weighted by Gasteiger charge is 2.47. The van der Waals surface area contributed by atoms with Crippen molar-refractivity contribution in [3.63, 3.8) is 0 Å². The highest BCUT2D eigenvalue weighted by molar-refractivity contribution is 6.51. The van der Waals surface area contributed by atoms with E-state index in [1.54, 1.807) is 7.11 Å². The standard InChI is InChI=1S/C30H31NO4/c1-17(2)22-16-23(20(5)15-25(22)35-6)28(32)26-27(21-10-8-7-9-11-21)31(30(34)29(26)33)24-14-18(3)12-13-19(24)4/h7-17,27,32H,1-6H3/b28-26+. The van der Waals surface area contributed by atoms with Crippen LogP contribution in [0.25, 0.3) is 5.76 Å². The summed E-state index contributed by atoms with van der Waals surface area (Å²) in [5.74, 6) is -0.654. The summed E-state index contributed by atoms with van der Waals surface area (Å²) in [5, 5.41) is 11.6. The minimum atomic E-state index is -0.749. The summed E-state index contributed by atoms with van der Waals surface area (Å²) in [5.41, 5.74) is 5.55. The smallest absolute Gasteiger partial charge is 0.300 e. The van der Waals surface area contributed by atoms with Crippen molar-refractivity contribution >= 4 is 23.1 Å². The lowest BCUT2D eigenvalue weighted by Crippen LogP contribution is -2.30. The van der Waals surface area contributed by atoms with Gasteiger partial charge in [0.05, 0.1) is 18.7 Å². The Labute approximate surface area is 206 Å². The first kappa shape index (κ1) is 24.3. The molecule has 0 saturated carbocycles. The molecule has 1 N–H and O–H groups in total. The maximum Gasteiger partial charge on any atom is 0.300 e. The van der Waals surface area contributed by atoms with Crippen molar-refractivity contribution in [1.82, 2.24) is 0 Å². The zero-order valence-electron chi connectivity index (χ0n) is 21.0. The molecular weight excluding hydrogens is 438 g/mol. The molecule has 0 spiro atoms. The van der Waals surface area contributed by atoms with Gasteiger partial charge in [0.15, 0.2) is 0 Å². The lowest BCUT2D eigenvalue weighted by molar-refractivity contribution is -0.132. The molecule has 1 aliphatic heterocycles. The lowest BCUT2D eigenvalue weighted by atomic mass is 9.91. The minimum absolute atomic E-state index is 0.0880. The average molecular weight is 470 g/mol. The average Bonchev–Trinajstić information content (AvgIpc) is 3.10. The molecule has 0 aromatic heterocycles. The van der Waals surface area contributed by atoms with E-state index >= 15 is 0 Å². The van der Waals surface area contributed by atoms with Crippen molar-refractivity contribution in [2.45, 2.75) is 46.6 Å². The summed E-state index contributed by atoms with van der Waals surface area (Å²) in [6.07, 6.45) is 0. The highest BCUT2D eigenvalue weighted by Crippen LogP contribution is 2.44. The van der Waals surface area contributed by atoms with Crippen LogP contribution in [0.1, 0.15) is 59.2 Å². The fraction of sp³-hybridized carbons (Fsp3) is 0.267. The maximum absolute atomic E-state index is 13.5. The SMILES string of the molecule is COc1cc(C)c(/C(O)=C2\C(=O)C(=O)N(c3cc(C)ccc3C)C2c2ccccc2)cc1C(C)C. The Morgan fingerprint density at radius 3 is 2.26 bits per heavy atom. The number of aryl methyl sites for hydroxylation is 3. The number of methoxy groups -OCH3 is 1. The van der Waals surface area contributed by atoms with E-state index in [1.807, 2.05) is 95.3 Å². The van der Waals surface area contributed by atoms with Crippen molar-refractivity contribution < 1.29 is 19.4 Å². The van der Waals surface area contributed by atoms with E-state index in [4.69, 9.17) is 4.74 Å². The number of carbonyl (C=O) groups excluding carboxylic acids is 2. The first-order chi connectivity index (χ1) is 16.6. The van der Waals surface area contributed by atoms with E-state index in [2.05, 4.69) is 0 Å². The zero-order chi connectivity index (χ0) is 25.4. The summed E-state index contributed by atoms with van der Waals surface area (Å²) >= 11 is 0. The van der Waals surface area contributed by atoms with Crippen molar-refractivity contribution in [2.75, 3.05) is 12.0 Å². The first-order valence-electron chi connectivity index (χ1n) is 11.8. The van der Waals surface area contributed by atoms with Crippen LogP contribution in [0.4, 0.5) is 5.69 Å². The Morgan fingerprint density at radius 1 is 0.943 bits per heavy atom. The molecule has 4 rings (SSSR count). The molecule has 1 aliphatic rings. The molecule has 180 valence electrons. The van der Waals surface area contributed by atoms with Crippen LogP contribution in [0, 0.1) is 20.8 Å². The fourth-order valence-corrected chi connectivity index (χ4v) is 4.74. The third-order valence-electron chi connectivity index (χ3n) is 6.64. The second-order valence-corrected chi connectivity index (χ2v) is 9.43. The number of benzene rings is 3. The summed E-state index contributed by atoms with van der Waals surface area (Å²) in [6.45, 7) is 9.81. The molecule has 3 aromatic rings. The number of aliphatic hydroxyl groups is 1. The van der Waals surface area contributed by atoms with Gasteiger partial charge in [-0.25, -0.2) is 0 Å². The fourth-order valence-electron chi connectivity index (χ4n) is 4.74. The van der Waals surface area contributed by atoms with E-state index < -0.39 is 17.7 Å². The Hall–Kier alpha value is -3.86. The van der Waals surface area contributed by atoms with Crippen LogP contribution in [-0.4, -0.2) is 23.9 Å². The monoisotopic (exact) mass is 469 g/mol. The predicted molar refractivity (Wildman–Crippen MR) is 139 cm³/mol. The molecule has 1 amide bonds. The molecule has 0 aliphatic carbocycles. The molecule has 35 heavy (non-hydrogen) atoms. The first-order valence-corrected chi connectivity index (χ1v) is 11.8. The Balaban J connectivity index is 2.00. The van der Waals surface area contributed by atoms with Gasteiger partial charge in [-0.1, -0.05) is 56.3 Å². The largest absolute Gasteiger partial charge is 0.507 e. The molecule has 1 unspecified atom stereocenters. The number of amides is 1. The molecule has 1 atom stereocenters. The normalized spacial score (nSPS) is 17.3. The van der Waals surface area contributed by atoms with Crippen molar-refractivity contribution in [3.8, 4) is 5.75 Å². The van der Waals surface area contributed by atoms with E-state index in [0.29, 0.717) is 11.3 Å². The summed E-state index contributed by atoms with van der Waals surface area (Å²) in [7, 11) is 1.62. The van der Waals surface area contributed by atoms with Crippen LogP contribution in [-0.2, 0) is 9.59 Å². The van der Waals surface area contributed by atoms with Crippen LogP contribution >= 0.6 is 0 Å². The number of ether oxygens (including phenoxy) is 1. The van der Waals surface area contributed by atoms with Gasteiger partial charge in [-0.3, -0.25) is 14.5 Å². The van der Waals surface area contributed by atoms with Gasteiger partial charge in [0.25, 0.3) is 11.7 Å². The number of Topliss-reactive ketones (excluding diaryl/α,β-unsaturated/α-hetero) is 1. The van der Waals surface area contributed by atoms with Gasteiger partial charge in [0.2, 0.25) is 0 Å². The van der Waals surface area contributed by atoms with Crippen LogP contribution < -0.4 is 9.64 Å². The third-order valence-corrected chi connectivity index (χ3v) is 6.64. The third kappa shape index (κ3) is 4.23. The molecule has 0 radical (unpaired) electrons. The number of nitrogens with zero attached hydrogens (tertiary/aromatic N) is 1. The molecule has 5 heteroatoms.